The zero-order valence-electron chi connectivity index (χ0n) is 10.7. The Kier molecular flexibility index (Phi) is 4.38. The molecule has 17 heavy (non-hydrogen) atoms. The molecule has 1 N–H and O–H groups in total. The molecule has 1 aliphatic carbocycles. The zero-order valence-corrected chi connectivity index (χ0v) is 10.7. The van der Waals surface area contributed by atoms with Crippen LogP contribution < -0.4 is 0 Å². The highest BCUT2D eigenvalue weighted by Gasteiger charge is 2.06. The molecule has 0 spiro atoms. The van der Waals surface area contributed by atoms with Crippen molar-refractivity contribution in [1.29, 1.82) is 0 Å². The smallest absolute Gasteiger partial charge is 0.0761 e. The molecule has 1 heteroatoms. The summed E-state index contributed by atoms with van der Waals surface area (Å²) in [7, 11) is 0. The second-order valence-electron chi connectivity index (χ2n) is 4.98. The number of allylic oxidation sites excluding steroid dienone is 2. The standard InChI is InChI=1S/C16H22O/c1-13(17)14-9-11-16(12-10-14)15-7-5-3-2-4-6-8-15/h7,9-13,17H,2-6,8H2,1H3. The van der Waals surface area contributed by atoms with Crippen LogP contribution in [0, 0.1) is 0 Å². The fourth-order valence-corrected chi connectivity index (χ4v) is 2.43. The first kappa shape index (κ1) is 12.4. The van der Waals surface area contributed by atoms with Crippen LogP contribution in [0.1, 0.15) is 62.7 Å². The topological polar surface area (TPSA) is 20.2 Å². The molecule has 0 heterocycles. The maximum absolute atomic E-state index is 9.49. The minimum absolute atomic E-state index is 0.365. The summed E-state index contributed by atoms with van der Waals surface area (Å²) in [4.78, 5) is 0. The first-order chi connectivity index (χ1) is 8.27. The fraction of sp³-hybridized carbons (Fsp3) is 0.500. The van der Waals surface area contributed by atoms with Gasteiger partial charge in [-0.2, -0.15) is 0 Å². The van der Waals surface area contributed by atoms with Gasteiger partial charge in [0.2, 0.25) is 0 Å². The lowest BCUT2D eigenvalue weighted by Gasteiger charge is -2.12. The monoisotopic (exact) mass is 230 g/mol. The Hall–Kier alpha value is -1.08. The predicted octanol–water partition coefficient (Wildman–Crippen LogP) is 4.48. The van der Waals surface area contributed by atoms with E-state index in [1.165, 1.54) is 49.7 Å². The van der Waals surface area contributed by atoms with E-state index in [1.54, 1.807) is 0 Å². The molecule has 0 aromatic heterocycles. The molecule has 1 atom stereocenters. The van der Waals surface area contributed by atoms with Gasteiger partial charge in [0.25, 0.3) is 0 Å². The molecule has 0 saturated heterocycles. The highest BCUT2D eigenvalue weighted by atomic mass is 16.3. The summed E-state index contributed by atoms with van der Waals surface area (Å²) < 4.78 is 0. The minimum atomic E-state index is -0.365. The number of hydrogen-bond donors (Lipinski definition) is 1. The molecule has 0 saturated carbocycles. The van der Waals surface area contributed by atoms with Gasteiger partial charge in [-0.15, -0.1) is 0 Å². The average Bonchev–Trinajstić information content (AvgIpc) is 2.29. The van der Waals surface area contributed by atoms with Crippen LogP contribution in [-0.2, 0) is 0 Å². The van der Waals surface area contributed by atoms with Crippen molar-refractivity contribution in [2.24, 2.45) is 0 Å². The van der Waals surface area contributed by atoms with Gasteiger partial charge in [-0.3, -0.25) is 0 Å². The Morgan fingerprint density at radius 1 is 1.00 bits per heavy atom. The van der Waals surface area contributed by atoms with Crippen molar-refractivity contribution < 1.29 is 5.11 Å². The zero-order chi connectivity index (χ0) is 12.1. The van der Waals surface area contributed by atoms with E-state index in [1.807, 2.05) is 19.1 Å². The highest BCUT2D eigenvalue weighted by molar-refractivity contribution is 5.65. The number of benzene rings is 1. The second-order valence-corrected chi connectivity index (χ2v) is 4.98. The van der Waals surface area contributed by atoms with Crippen LogP contribution in [0.5, 0.6) is 0 Å². The van der Waals surface area contributed by atoms with Crippen molar-refractivity contribution in [3.63, 3.8) is 0 Å². The van der Waals surface area contributed by atoms with Gasteiger partial charge in [0.05, 0.1) is 6.10 Å². The normalized spacial score (nSPS) is 19.1. The van der Waals surface area contributed by atoms with Gasteiger partial charge in [0.1, 0.15) is 0 Å². The van der Waals surface area contributed by atoms with Crippen LogP contribution >= 0.6 is 0 Å². The Bertz CT molecular complexity index is 373. The first-order valence-corrected chi connectivity index (χ1v) is 6.75. The van der Waals surface area contributed by atoms with Gasteiger partial charge in [0, 0.05) is 0 Å². The van der Waals surface area contributed by atoms with Crippen molar-refractivity contribution in [2.75, 3.05) is 0 Å². The van der Waals surface area contributed by atoms with Crippen LogP contribution in [0.4, 0.5) is 0 Å². The number of hydrogen-bond acceptors (Lipinski definition) is 1. The van der Waals surface area contributed by atoms with Gasteiger partial charge < -0.3 is 5.11 Å². The van der Waals surface area contributed by atoms with Crippen LogP contribution in [-0.4, -0.2) is 5.11 Å². The van der Waals surface area contributed by atoms with E-state index in [2.05, 4.69) is 18.2 Å². The third-order valence-electron chi connectivity index (χ3n) is 3.55. The summed E-state index contributed by atoms with van der Waals surface area (Å²) in [5, 5.41) is 9.49. The molecule has 0 radical (unpaired) electrons. The van der Waals surface area contributed by atoms with Gasteiger partial charge >= 0.3 is 0 Å². The lowest BCUT2D eigenvalue weighted by atomic mass is 9.94. The molecule has 0 bridgehead atoms. The predicted molar refractivity (Wildman–Crippen MR) is 72.8 cm³/mol. The molecule has 2 rings (SSSR count). The van der Waals surface area contributed by atoms with Crippen molar-refractivity contribution in [1.82, 2.24) is 0 Å². The maximum atomic E-state index is 9.49. The average molecular weight is 230 g/mol. The van der Waals surface area contributed by atoms with Crippen LogP contribution in [0.2, 0.25) is 0 Å². The summed E-state index contributed by atoms with van der Waals surface area (Å²) in [5.41, 5.74) is 3.82. The molecule has 0 fully saturated rings. The van der Waals surface area contributed by atoms with Gasteiger partial charge in [-0.1, -0.05) is 43.2 Å². The van der Waals surface area contributed by atoms with E-state index in [4.69, 9.17) is 0 Å². The molecule has 1 unspecified atom stereocenters. The Morgan fingerprint density at radius 3 is 2.41 bits per heavy atom. The van der Waals surface area contributed by atoms with Crippen LogP contribution in [0.3, 0.4) is 0 Å². The third kappa shape index (κ3) is 3.44. The van der Waals surface area contributed by atoms with E-state index in [0.29, 0.717) is 0 Å². The van der Waals surface area contributed by atoms with Crippen LogP contribution in [0.25, 0.3) is 5.57 Å². The third-order valence-corrected chi connectivity index (χ3v) is 3.55. The SMILES string of the molecule is CC(O)c1ccc(C2=CCCCCCC2)cc1. The Labute approximate surface area is 104 Å². The number of aliphatic hydroxyl groups is 1. The Balaban J connectivity index is 2.14. The van der Waals surface area contributed by atoms with E-state index in [-0.39, 0.29) is 6.10 Å². The summed E-state index contributed by atoms with van der Waals surface area (Å²) >= 11 is 0. The largest absolute Gasteiger partial charge is 0.389 e. The van der Waals surface area contributed by atoms with Crippen molar-refractivity contribution in [3.8, 4) is 0 Å². The fourth-order valence-electron chi connectivity index (χ4n) is 2.43. The van der Waals surface area contributed by atoms with Crippen molar-refractivity contribution in [2.45, 2.75) is 51.6 Å². The molecule has 1 nitrogen and oxygen atoms in total. The number of aliphatic hydroxyl groups excluding tert-OH is 1. The van der Waals surface area contributed by atoms with Gasteiger partial charge in [0.15, 0.2) is 0 Å². The molecule has 1 aliphatic rings. The van der Waals surface area contributed by atoms with Gasteiger partial charge in [-0.05, 0) is 49.3 Å². The van der Waals surface area contributed by atoms with E-state index < -0.39 is 0 Å². The summed E-state index contributed by atoms with van der Waals surface area (Å²) in [5.74, 6) is 0. The molecule has 0 aliphatic heterocycles. The molecule has 92 valence electrons. The molecule has 0 amide bonds. The lowest BCUT2D eigenvalue weighted by Crippen LogP contribution is -1.93. The van der Waals surface area contributed by atoms with E-state index in [0.717, 1.165) is 5.56 Å². The molecular weight excluding hydrogens is 208 g/mol. The minimum Gasteiger partial charge on any atom is -0.389 e. The van der Waals surface area contributed by atoms with E-state index >= 15 is 0 Å². The summed E-state index contributed by atoms with van der Waals surface area (Å²) in [6.45, 7) is 1.81. The molecule has 1 aromatic carbocycles. The highest BCUT2D eigenvalue weighted by Crippen LogP contribution is 2.26. The van der Waals surface area contributed by atoms with Gasteiger partial charge in [-0.25, -0.2) is 0 Å². The van der Waals surface area contributed by atoms with Crippen molar-refractivity contribution in [3.05, 3.63) is 41.5 Å². The quantitative estimate of drug-likeness (QED) is 0.794. The van der Waals surface area contributed by atoms with Crippen LogP contribution in [0.15, 0.2) is 30.3 Å². The second kappa shape index (κ2) is 6.02. The Morgan fingerprint density at radius 2 is 1.71 bits per heavy atom. The lowest BCUT2D eigenvalue weighted by molar-refractivity contribution is 0.199. The summed E-state index contributed by atoms with van der Waals surface area (Å²) in [6, 6.07) is 8.38. The van der Waals surface area contributed by atoms with Crippen molar-refractivity contribution >= 4 is 5.57 Å². The molecular formula is C16H22O. The first-order valence-electron chi connectivity index (χ1n) is 6.75. The maximum Gasteiger partial charge on any atom is 0.0761 e. The summed E-state index contributed by atoms with van der Waals surface area (Å²) in [6.07, 6.45) is 9.83. The molecule has 1 aromatic rings. The van der Waals surface area contributed by atoms with E-state index in [9.17, 15) is 5.11 Å². The number of rotatable bonds is 2.